The molecule has 1 N–H and O–H groups in total. The molecule has 0 aliphatic carbocycles. The molecule has 6 nitrogen and oxygen atoms in total. The highest BCUT2D eigenvalue weighted by Gasteiger charge is 2.21. The van der Waals surface area contributed by atoms with Crippen LogP contribution in [0.4, 0.5) is 0 Å². The molecule has 0 atom stereocenters. The predicted molar refractivity (Wildman–Crippen MR) is 109 cm³/mol. The average Bonchev–Trinajstić information content (AvgIpc) is 2.71. The van der Waals surface area contributed by atoms with Crippen LogP contribution in [0, 0.1) is 6.92 Å². The number of benzene rings is 1. The van der Waals surface area contributed by atoms with E-state index in [-0.39, 0.29) is 11.8 Å². The zero-order valence-electron chi connectivity index (χ0n) is 17.0. The Morgan fingerprint density at radius 3 is 2.22 bits per heavy atom. The highest BCUT2D eigenvalue weighted by atomic mass is 16.2. The Morgan fingerprint density at radius 2 is 1.63 bits per heavy atom. The van der Waals surface area contributed by atoms with Crippen molar-refractivity contribution in [1.29, 1.82) is 0 Å². The van der Waals surface area contributed by atoms with Gasteiger partial charge < -0.3 is 20.0 Å². The SMILES string of the molecule is CCN(CC)CCN(CCC(=O)N1CCNCC1)C(=O)c1ccc(C)cc1. The largest absolute Gasteiger partial charge is 0.340 e. The van der Waals surface area contributed by atoms with Crippen molar-refractivity contribution in [1.82, 2.24) is 20.0 Å². The number of hydrogen-bond donors (Lipinski definition) is 1. The minimum absolute atomic E-state index is 0.00951. The quantitative estimate of drug-likeness (QED) is 0.713. The summed E-state index contributed by atoms with van der Waals surface area (Å²) in [4.78, 5) is 31.5. The Labute approximate surface area is 163 Å². The fraction of sp³-hybridized carbons (Fsp3) is 0.619. The number of likely N-dealkylation sites (N-methyl/N-ethyl adjacent to an activating group) is 1. The van der Waals surface area contributed by atoms with Crippen LogP contribution in [0.15, 0.2) is 24.3 Å². The smallest absolute Gasteiger partial charge is 0.253 e. The number of amides is 2. The van der Waals surface area contributed by atoms with Gasteiger partial charge in [0.25, 0.3) is 5.91 Å². The van der Waals surface area contributed by atoms with Crippen LogP contribution in [0.2, 0.25) is 0 Å². The molecule has 2 rings (SSSR count). The molecule has 1 aliphatic heterocycles. The number of aryl methyl sites for hydroxylation is 1. The van der Waals surface area contributed by atoms with Gasteiger partial charge in [-0.1, -0.05) is 31.5 Å². The van der Waals surface area contributed by atoms with Crippen LogP contribution in [-0.2, 0) is 4.79 Å². The molecule has 6 heteroatoms. The Kier molecular flexibility index (Phi) is 8.75. The number of nitrogens with zero attached hydrogens (tertiary/aromatic N) is 3. The van der Waals surface area contributed by atoms with Crippen molar-refractivity contribution in [2.24, 2.45) is 0 Å². The molecule has 1 heterocycles. The van der Waals surface area contributed by atoms with E-state index in [0.29, 0.717) is 25.1 Å². The Bertz CT molecular complexity index is 593. The van der Waals surface area contributed by atoms with Gasteiger partial charge in [0.1, 0.15) is 0 Å². The lowest BCUT2D eigenvalue weighted by Gasteiger charge is -2.30. The minimum Gasteiger partial charge on any atom is -0.340 e. The fourth-order valence-electron chi connectivity index (χ4n) is 3.30. The van der Waals surface area contributed by atoms with Crippen LogP contribution >= 0.6 is 0 Å². The maximum atomic E-state index is 13.0. The summed E-state index contributed by atoms with van der Waals surface area (Å²) in [5, 5.41) is 3.26. The van der Waals surface area contributed by atoms with Crippen LogP contribution in [-0.4, -0.2) is 85.4 Å². The highest BCUT2D eigenvalue weighted by Crippen LogP contribution is 2.09. The summed E-state index contributed by atoms with van der Waals surface area (Å²) in [5.41, 5.74) is 1.82. The summed E-state index contributed by atoms with van der Waals surface area (Å²) in [7, 11) is 0. The summed E-state index contributed by atoms with van der Waals surface area (Å²) in [6, 6.07) is 7.67. The van der Waals surface area contributed by atoms with Crippen molar-refractivity contribution in [2.45, 2.75) is 27.2 Å². The first-order chi connectivity index (χ1) is 13.0. The molecular formula is C21H34N4O2. The second-order valence-electron chi connectivity index (χ2n) is 7.07. The van der Waals surface area contributed by atoms with Crippen molar-refractivity contribution in [3.63, 3.8) is 0 Å². The Morgan fingerprint density at radius 1 is 1.00 bits per heavy atom. The molecule has 1 aliphatic rings. The van der Waals surface area contributed by atoms with Gasteiger partial charge in [0.15, 0.2) is 0 Å². The molecule has 1 aromatic carbocycles. The number of rotatable bonds is 9. The number of nitrogens with one attached hydrogen (secondary N) is 1. The van der Waals surface area contributed by atoms with E-state index in [0.717, 1.165) is 51.4 Å². The predicted octanol–water partition coefficient (Wildman–Crippen LogP) is 1.60. The molecule has 0 saturated carbocycles. The lowest BCUT2D eigenvalue weighted by Crippen LogP contribution is -2.47. The number of carbonyl (C=O) groups excluding carboxylic acids is 2. The van der Waals surface area contributed by atoms with Gasteiger partial charge in [-0.3, -0.25) is 9.59 Å². The normalized spacial score (nSPS) is 14.4. The molecule has 2 amide bonds. The molecule has 1 fully saturated rings. The zero-order valence-corrected chi connectivity index (χ0v) is 17.0. The standard InChI is InChI=1S/C21H34N4O2/c1-4-23(5-2)16-17-25(21(27)19-8-6-18(3)7-9-19)13-10-20(26)24-14-11-22-12-15-24/h6-9,22H,4-5,10-17H2,1-3H3. The third-order valence-corrected chi connectivity index (χ3v) is 5.23. The van der Waals surface area contributed by atoms with Gasteiger partial charge in [-0.15, -0.1) is 0 Å². The van der Waals surface area contributed by atoms with Crippen LogP contribution in [0.3, 0.4) is 0 Å². The maximum absolute atomic E-state index is 13.0. The van der Waals surface area contributed by atoms with Gasteiger partial charge in [0.2, 0.25) is 5.91 Å². The lowest BCUT2D eigenvalue weighted by atomic mass is 10.1. The first kappa shape index (κ1) is 21.4. The molecule has 150 valence electrons. The van der Waals surface area contributed by atoms with Gasteiger partial charge in [-0.2, -0.15) is 0 Å². The molecule has 0 spiro atoms. The average molecular weight is 375 g/mol. The molecule has 0 bridgehead atoms. The first-order valence-electron chi connectivity index (χ1n) is 10.1. The van der Waals surface area contributed by atoms with E-state index in [4.69, 9.17) is 0 Å². The number of hydrogen-bond acceptors (Lipinski definition) is 4. The van der Waals surface area contributed by atoms with Crippen molar-refractivity contribution < 1.29 is 9.59 Å². The molecule has 1 saturated heterocycles. The van der Waals surface area contributed by atoms with Gasteiger partial charge in [-0.25, -0.2) is 0 Å². The van der Waals surface area contributed by atoms with Gasteiger partial charge in [-0.05, 0) is 32.1 Å². The molecule has 0 radical (unpaired) electrons. The van der Waals surface area contributed by atoms with E-state index >= 15 is 0 Å². The molecule has 0 unspecified atom stereocenters. The summed E-state index contributed by atoms with van der Waals surface area (Å²) in [6.07, 6.45) is 0.385. The van der Waals surface area contributed by atoms with E-state index in [2.05, 4.69) is 24.1 Å². The van der Waals surface area contributed by atoms with Gasteiger partial charge in [0, 0.05) is 57.8 Å². The summed E-state index contributed by atoms with van der Waals surface area (Å²) in [5.74, 6) is 0.149. The van der Waals surface area contributed by atoms with Crippen molar-refractivity contribution in [2.75, 3.05) is 58.9 Å². The fourth-order valence-corrected chi connectivity index (χ4v) is 3.30. The summed E-state index contributed by atoms with van der Waals surface area (Å²) >= 11 is 0. The topological polar surface area (TPSA) is 55.9 Å². The van der Waals surface area contributed by atoms with Crippen LogP contribution in [0.25, 0.3) is 0 Å². The summed E-state index contributed by atoms with van der Waals surface area (Å²) in [6.45, 7) is 13.3. The first-order valence-corrected chi connectivity index (χ1v) is 10.1. The van der Waals surface area contributed by atoms with Crippen molar-refractivity contribution >= 4 is 11.8 Å². The zero-order chi connectivity index (χ0) is 19.6. The van der Waals surface area contributed by atoms with E-state index in [9.17, 15) is 9.59 Å². The van der Waals surface area contributed by atoms with E-state index < -0.39 is 0 Å². The molecular weight excluding hydrogens is 340 g/mol. The molecule has 27 heavy (non-hydrogen) atoms. The third kappa shape index (κ3) is 6.63. The minimum atomic E-state index is 0.00951. The highest BCUT2D eigenvalue weighted by molar-refractivity contribution is 5.94. The monoisotopic (exact) mass is 374 g/mol. The van der Waals surface area contributed by atoms with Gasteiger partial charge >= 0.3 is 0 Å². The number of piperazine rings is 1. The van der Waals surface area contributed by atoms with Crippen molar-refractivity contribution in [3.05, 3.63) is 35.4 Å². The van der Waals surface area contributed by atoms with Gasteiger partial charge in [0.05, 0.1) is 0 Å². The number of carbonyl (C=O) groups is 2. The molecule has 1 aromatic rings. The van der Waals surface area contributed by atoms with E-state index in [1.54, 1.807) is 0 Å². The third-order valence-electron chi connectivity index (χ3n) is 5.23. The second-order valence-corrected chi connectivity index (χ2v) is 7.07. The van der Waals surface area contributed by atoms with E-state index in [1.165, 1.54) is 0 Å². The Hall–Kier alpha value is -1.92. The Balaban J connectivity index is 2.00. The van der Waals surface area contributed by atoms with Crippen LogP contribution < -0.4 is 5.32 Å². The van der Waals surface area contributed by atoms with Crippen LogP contribution in [0.5, 0.6) is 0 Å². The molecule has 0 aromatic heterocycles. The van der Waals surface area contributed by atoms with E-state index in [1.807, 2.05) is 41.0 Å². The van der Waals surface area contributed by atoms with Crippen molar-refractivity contribution in [3.8, 4) is 0 Å². The second kappa shape index (κ2) is 11.0. The lowest BCUT2D eigenvalue weighted by molar-refractivity contribution is -0.131. The maximum Gasteiger partial charge on any atom is 0.253 e. The summed E-state index contributed by atoms with van der Waals surface area (Å²) < 4.78 is 0. The van der Waals surface area contributed by atoms with Crippen LogP contribution in [0.1, 0.15) is 36.2 Å².